The summed E-state index contributed by atoms with van der Waals surface area (Å²) in [6.07, 6.45) is 0. The SMILES string of the molecule is N#Cc1cc(-n2c3ccc(-c4ccc5oc6ccccc6c5c4)cc3c3cc4c(cc32)c2ccccc2n4-c2ccccc2)c2oc3ccccc3c2c1-c1nc(-c2ccccc2)nc(-c2ccccc2)n1. The molecule has 0 N–H and O–H groups in total. The third-order valence-electron chi connectivity index (χ3n) is 14.2. The van der Waals surface area contributed by atoms with Crippen molar-refractivity contribution in [2.45, 2.75) is 0 Å². The van der Waals surface area contributed by atoms with Gasteiger partial charge in [-0.15, -0.1) is 0 Å². The second kappa shape index (κ2) is 15.5. The van der Waals surface area contributed by atoms with Gasteiger partial charge in [-0.2, -0.15) is 5.26 Å². The van der Waals surface area contributed by atoms with Gasteiger partial charge >= 0.3 is 0 Å². The van der Waals surface area contributed by atoms with Crippen molar-refractivity contribution >= 4 is 87.5 Å². The Hall–Kier alpha value is -10.1. The van der Waals surface area contributed by atoms with E-state index in [1.54, 1.807) is 0 Å². The normalized spacial score (nSPS) is 11.9. The van der Waals surface area contributed by atoms with Crippen LogP contribution in [0.25, 0.3) is 144 Å². The molecule has 0 fully saturated rings. The van der Waals surface area contributed by atoms with E-state index in [2.05, 4.69) is 130 Å². The Morgan fingerprint density at radius 3 is 1.58 bits per heavy atom. The Bertz CT molecular complexity index is 4690. The molecule has 5 heterocycles. The van der Waals surface area contributed by atoms with Gasteiger partial charge in [0.2, 0.25) is 0 Å². The van der Waals surface area contributed by atoms with Crippen LogP contribution in [0, 0.1) is 11.3 Å². The summed E-state index contributed by atoms with van der Waals surface area (Å²) in [4.78, 5) is 15.3. The van der Waals surface area contributed by atoms with Crippen molar-refractivity contribution in [1.82, 2.24) is 24.1 Å². The van der Waals surface area contributed by atoms with Gasteiger partial charge in [-0.3, -0.25) is 0 Å². The van der Waals surface area contributed by atoms with Gasteiger partial charge in [0.05, 0.1) is 39.4 Å². The fourth-order valence-corrected chi connectivity index (χ4v) is 11.0. The minimum atomic E-state index is 0.382. The van der Waals surface area contributed by atoms with Crippen LogP contribution in [0.15, 0.2) is 227 Å². The summed E-state index contributed by atoms with van der Waals surface area (Å²) in [7, 11) is 0. The molecule has 0 atom stereocenters. The molecule has 8 nitrogen and oxygen atoms in total. The number of aromatic nitrogens is 5. The van der Waals surface area contributed by atoms with Gasteiger partial charge in [-0.05, 0) is 83.9 Å². The van der Waals surface area contributed by atoms with Gasteiger partial charge in [-0.1, -0.05) is 146 Å². The summed E-state index contributed by atoms with van der Waals surface area (Å²) >= 11 is 0. The molecule has 0 saturated carbocycles. The average molecular weight is 921 g/mol. The molecule has 15 aromatic rings. The fourth-order valence-electron chi connectivity index (χ4n) is 11.0. The Morgan fingerprint density at radius 2 is 0.875 bits per heavy atom. The molecule has 0 aliphatic heterocycles. The van der Waals surface area contributed by atoms with Crippen LogP contribution in [0.4, 0.5) is 0 Å². The number of fused-ring (bicyclic) bond motifs is 12. The maximum atomic E-state index is 11.5. The highest BCUT2D eigenvalue weighted by Crippen LogP contribution is 2.46. The van der Waals surface area contributed by atoms with E-state index in [1.165, 1.54) is 0 Å². The van der Waals surface area contributed by atoms with Crippen LogP contribution < -0.4 is 0 Å². The van der Waals surface area contributed by atoms with E-state index in [0.717, 1.165) is 110 Å². The molecule has 72 heavy (non-hydrogen) atoms. The minimum Gasteiger partial charge on any atom is -0.456 e. The van der Waals surface area contributed by atoms with Gasteiger partial charge < -0.3 is 18.0 Å². The predicted molar refractivity (Wildman–Crippen MR) is 290 cm³/mol. The lowest BCUT2D eigenvalue weighted by atomic mass is 9.98. The van der Waals surface area contributed by atoms with Crippen LogP contribution in [0.3, 0.4) is 0 Å². The molecule has 15 rings (SSSR count). The van der Waals surface area contributed by atoms with E-state index in [0.29, 0.717) is 39.8 Å². The van der Waals surface area contributed by atoms with E-state index >= 15 is 0 Å². The average Bonchev–Trinajstić information content (AvgIpc) is 4.20. The highest BCUT2D eigenvalue weighted by Gasteiger charge is 2.27. The molecule has 0 aliphatic rings. The van der Waals surface area contributed by atoms with Crippen LogP contribution in [0.1, 0.15) is 5.56 Å². The molecular formula is C64H36N6O2. The first kappa shape index (κ1) is 39.9. The van der Waals surface area contributed by atoms with Gasteiger partial charge in [0.15, 0.2) is 23.1 Å². The maximum absolute atomic E-state index is 11.5. The lowest BCUT2D eigenvalue weighted by molar-refractivity contribution is 0.666. The number of nitriles is 1. The highest BCUT2D eigenvalue weighted by atomic mass is 16.3. The molecule has 0 amide bonds. The van der Waals surface area contributed by atoms with Crippen molar-refractivity contribution in [3.05, 3.63) is 224 Å². The number of para-hydroxylation sites is 4. The summed E-state index contributed by atoms with van der Waals surface area (Å²) < 4.78 is 18.0. The number of hydrogen-bond donors (Lipinski definition) is 0. The summed E-state index contributed by atoms with van der Waals surface area (Å²) in [5.41, 5.74) is 13.8. The van der Waals surface area contributed by atoms with E-state index in [4.69, 9.17) is 23.8 Å². The highest BCUT2D eigenvalue weighted by molar-refractivity contribution is 6.21. The van der Waals surface area contributed by atoms with E-state index in [1.807, 2.05) is 103 Å². The van der Waals surface area contributed by atoms with Crippen molar-refractivity contribution in [2.24, 2.45) is 0 Å². The van der Waals surface area contributed by atoms with Crippen molar-refractivity contribution in [1.29, 1.82) is 5.26 Å². The zero-order valence-electron chi connectivity index (χ0n) is 38.3. The van der Waals surface area contributed by atoms with Gasteiger partial charge in [0, 0.05) is 65.5 Å². The summed E-state index contributed by atoms with van der Waals surface area (Å²) in [5, 5.41) is 19.6. The molecule has 0 spiro atoms. The molecule has 0 bridgehead atoms. The Balaban J connectivity index is 1.05. The largest absolute Gasteiger partial charge is 0.456 e. The van der Waals surface area contributed by atoms with Crippen LogP contribution in [0.5, 0.6) is 0 Å². The Kier molecular flexibility index (Phi) is 8.55. The topological polar surface area (TPSA) is 98.6 Å². The summed E-state index contributed by atoms with van der Waals surface area (Å²) in [6.45, 7) is 0. The number of nitrogens with zero attached hydrogens (tertiary/aromatic N) is 6. The smallest absolute Gasteiger partial charge is 0.166 e. The van der Waals surface area contributed by atoms with Crippen LogP contribution in [-0.2, 0) is 0 Å². The summed E-state index contributed by atoms with van der Waals surface area (Å²) in [6, 6.07) is 77.5. The van der Waals surface area contributed by atoms with Crippen molar-refractivity contribution < 1.29 is 8.83 Å². The lowest BCUT2D eigenvalue weighted by Gasteiger charge is -2.14. The van der Waals surface area contributed by atoms with Crippen LogP contribution >= 0.6 is 0 Å². The third-order valence-corrected chi connectivity index (χ3v) is 14.2. The Labute approximate surface area is 410 Å². The minimum absolute atomic E-state index is 0.382. The number of rotatable bonds is 6. The number of benzene rings is 10. The van der Waals surface area contributed by atoms with E-state index in [9.17, 15) is 5.26 Å². The standard InChI is InChI=1S/C64H36N6O2/c65-37-42-34-55(61-60(46-24-12-15-27-57(46)72-61)59(42)64-67-62(38-16-4-1-5-17-38)66-63(68-64)39-18-6-2-7-19-39)70-52-30-28-40(41-29-31-58-50(33-41)45-23-11-14-26-56(45)71-58)32-47(52)49-36-53-48(35-54(49)70)44-22-10-13-25-51(44)69(53)43-20-8-3-9-21-43/h1-36H. The third kappa shape index (κ3) is 5.95. The first-order valence-corrected chi connectivity index (χ1v) is 23.9. The summed E-state index contributed by atoms with van der Waals surface area (Å²) in [5.74, 6) is 1.39. The first-order valence-electron chi connectivity index (χ1n) is 23.9. The molecule has 0 radical (unpaired) electrons. The number of hydrogen-bond acceptors (Lipinski definition) is 6. The van der Waals surface area contributed by atoms with Crippen LogP contribution in [0.2, 0.25) is 0 Å². The zero-order chi connectivity index (χ0) is 47.4. The van der Waals surface area contributed by atoms with E-state index in [-0.39, 0.29) is 0 Å². The maximum Gasteiger partial charge on any atom is 0.166 e. The van der Waals surface area contributed by atoms with Gasteiger partial charge in [0.25, 0.3) is 0 Å². The second-order valence-electron chi connectivity index (χ2n) is 18.2. The molecule has 8 heteroatoms. The monoisotopic (exact) mass is 920 g/mol. The molecule has 334 valence electrons. The molecule has 5 aromatic heterocycles. The lowest BCUT2D eigenvalue weighted by Crippen LogP contribution is -2.03. The van der Waals surface area contributed by atoms with Crippen molar-refractivity contribution in [2.75, 3.05) is 0 Å². The quantitative estimate of drug-likeness (QED) is 0.165. The molecular weight excluding hydrogens is 885 g/mol. The fraction of sp³-hybridized carbons (Fsp3) is 0. The molecule has 0 unspecified atom stereocenters. The number of furan rings is 2. The van der Waals surface area contributed by atoms with E-state index < -0.39 is 0 Å². The second-order valence-corrected chi connectivity index (χ2v) is 18.2. The van der Waals surface area contributed by atoms with Crippen LogP contribution in [-0.4, -0.2) is 24.1 Å². The molecule has 0 aliphatic carbocycles. The Morgan fingerprint density at radius 1 is 0.361 bits per heavy atom. The molecule has 0 saturated heterocycles. The molecule has 10 aromatic carbocycles. The first-order chi connectivity index (χ1) is 35.6. The van der Waals surface area contributed by atoms with Crippen molar-refractivity contribution in [3.8, 4) is 62.7 Å². The predicted octanol–water partition coefficient (Wildman–Crippen LogP) is 16.4. The van der Waals surface area contributed by atoms with Gasteiger partial charge in [0.1, 0.15) is 16.7 Å². The zero-order valence-corrected chi connectivity index (χ0v) is 38.3. The van der Waals surface area contributed by atoms with Gasteiger partial charge in [-0.25, -0.2) is 15.0 Å². The van der Waals surface area contributed by atoms with Crippen molar-refractivity contribution in [3.63, 3.8) is 0 Å².